The molecule has 7 nitrogen and oxygen atoms in total. The first-order valence-electron chi connectivity index (χ1n) is 8.62. The minimum absolute atomic E-state index is 0.0897. The van der Waals surface area contributed by atoms with Crippen molar-refractivity contribution in [3.8, 4) is 16.9 Å². The zero-order valence-electron chi connectivity index (χ0n) is 15.7. The molecular weight excluding hydrogens is 435 g/mol. The number of ether oxygens (including phenoxy) is 1. The minimum atomic E-state index is -4.65. The molecule has 0 spiro atoms. The van der Waals surface area contributed by atoms with E-state index in [1.807, 2.05) is 0 Å². The summed E-state index contributed by atoms with van der Waals surface area (Å²) in [6, 6.07) is -0.266. The summed E-state index contributed by atoms with van der Waals surface area (Å²) in [5, 5.41) is 8.31. The number of hydrogen-bond acceptors (Lipinski definition) is 6. The third-order valence-corrected chi connectivity index (χ3v) is 4.39. The number of alkyl halides is 3. The predicted octanol–water partition coefficient (Wildman–Crippen LogP) is 3.68. The quantitative estimate of drug-likeness (QED) is 0.325. The van der Waals surface area contributed by atoms with Crippen molar-refractivity contribution in [3.63, 3.8) is 0 Å². The summed E-state index contributed by atoms with van der Waals surface area (Å²) >= 11 is 6.10. The second kappa shape index (κ2) is 8.56. The summed E-state index contributed by atoms with van der Waals surface area (Å²) in [4.78, 5) is 7.63. The minimum Gasteiger partial charge on any atom is -0.492 e. The number of nitrogens with one attached hydrogen (secondary N) is 2. The number of anilines is 1. The van der Waals surface area contributed by atoms with E-state index < -0.39 is 46.0 Å². The molecule has 2 heterocycles. The highest BCUT2D eigenvalue weighted by atomic mass is 35.5. The predicted molar refractivity (Wildman–Crippen MR) is 99.7 cm³/mol. The Labute approximate surface area is 172 Å². The molecule has 0 amide bonds. The van der Waals surface area contributed by atoms with E-state index >= 15 is 0 Å². The zero-order valence-corrected chi connectivity index (χ0v) is 16.4. The first-order chi connectivity index (χ1) is 14.1. The normalized spacial score (nSPS) is 12.9. The molecule has 0 aliphatic heterocycles. The van der Waals surface area contributed by atoms with Crippen LogP contribution in [0, 0.1) is 11.6 Å². The monoisotopic (exact) mass is 450 g/mol. The molecule has 0 saturated carbocycles. The van der Waals surface area contributed by atoms with Crippen LogP contribution in [0.25, 0.3) is 16.9 Å². The number of aromatic nitrogens is 4. The van der Waals surface area contributed by atoms with E-state index in [2.05, 4.69) is 25.7 Å². The summed E-state index contributed by atoms with van der Waals surface area (Å²) in [7, 11) is 1.68. The van der Waals surface area contributed by atoms with Crippen molar-refractivity contribution in [1.82, 2.24) is 24.9 Å². The fourth-order valence-corrected chi connectivity index (χ4v) is 2.86. The van der Waals surface area contributed by atoms with Gasteiger partial charge in [-0.25, -0.2) is 8.78 Å². The van der Waals surface area contributed by atoms with Gasteiger partial charge in [-0.15, -0.1) is 0 Å². The lowest BCUT2D eigenvalue weighted by Crippen LogP contribution is -2.34. The average molecular weight is 451 g/mol. The molecule has 13 heteroatoms. The summed E-state index contributed by atoms with van der Waals surface area (Å²) in [5.41, 5.74) is -1.11. The highest BCUT2D eigenvalue weighted by Crippen LogP contribution is 2.39. The molecule has 2 N–H and O–H groups in total. The molecule has 2 aromatic heterocycles. The first kappa shape index (κ1) is 22.0. The average Bonchev–Trinajstić information content (AvgIpc) is 3.10. The molecule has 0 aliphatic carbocycles. The lowest BCUT2D eigenvalue weighted by molar-refractivity contribution is -0.138. The topological polar surface area (TPSA) is 76.4 Å². The number of hydrogen-bond donors (Lipinski definition) is 2. The lowest BCUT2D eigenvalue weighted by Gasteiger charge is -2.21. The highest BCUT2D eigenvalue weighted by Gasteiger charge is 2.37. The van der Waals surface area contributed by atoms with Crippen molar-refractivity contribution in [1.29, 1.82) is 0 Å². The molecule has 0 bridgehead atoms. The molecule has 0 aliphatic rings. The van der Waals surface area contributed by atoms with Crippen LogP contribution in [0.2, 0.25) is 5.15 Å². The number of rotatable bonds is 7. The van der Waals surface area contributed by atoms with Crippen LogP contribution in [-0.2, 0) is 0 Å². The van der Waals surface area contributed by atoms with Gasteiger partial charge >= 0.3 is 6.18 Å². The molecule has 3 rings (SSSR count). The molecule has 3 aromatic rings. The Morgan fingerprint density at radius 3 is 2.47 bits per heavy atom. The molecule has 0 radical (unpaired) electrons. The van der Waals surface area contributed by atoms with Gasteiger partial charge in [0.2, 0.25) is 0 Å². The number of nitrogens with zero attached hydrogens (tertiary/aromatic N) is 4. The molecule has 1 atom stereocenters. The number of likely N-dealkylation sites (N-methyl/N-ethyl adjacent to an activating group) is 1. The number of halogens is 6. The Morgan fingerprint density at radius 1 is 1.20 bits per heavy atom. The molecule has 30 heavy (non-hydrogen) atoms. The largest absolute Gasteiger partial charge is 0.492 e. The fraction of sp³-hybridized carbons (Fsp3) is 0.353. The van der Waals surface area contributed by atoms with Gasteiger partial charge in [-0.2, -0.15) is 32.8 Å². The van der Waals surface area contributed by atoms with Crippen molar-refractivity contribution in [2.45, 2.75) is 19.1 Å². The molecular formula is C17H16ClF5N6O. The zero-order chi connectivity index (χ0) is 22.1. The van der Waals surface area contributed by atoms with Crippen molar-refractivity contribution < 1.29 is 26.7 Å². The maximum atomic E-state index is 14.8. The van der Waals surface area contributed by atoms with Crippen LogP contribution >= 0.6 is 11.6 Å². The molecule has 1 unspecified atom stereocenters. The van der Waals surface area contributed by atoms with E-state index in [0.29, 0.717) is 6.54 Å². The Balaban J connectivity index is 2.16. The maximum absolute atomic E-state index is 14.8. The van der Waals surface area contributed by atoms with E-state index in [9.17, 15) is 22.0 Å². The molecule has 0 fully saturated rings. The fourth-order valence-electron chi connectivity index (χ4n) is 2.60. The summed E-state index contributed by atoms with van der Waals surface area (Å²) in [5.74, 6) is -2.84. The second-order valence-electron chi connectivity index (χ2n) is 6.22. The molecule has 0 saturated heterocycles. The highest BCUT2D eigenvalue weighted by molar-refractivity contribution is 6.33. The second-order valence-corrected chi connectivity index (χ2v) is 6.58. The Bertz CT molecular complexity index is 1030. The van der Waals surface area contributed by atoms with Gasteiger partial charge in [0.25, 0.3) is 5.78 Å². The summed E-state index contributed by atoms with van der Waals surface area (Å²) in [6.45, 7) is 1.43. The van der Waals surface area contributed by atoms with Gasteiger partial charge in [0.15, 0.2) is 0 Å². The van der Waals surface area contributed by atoms with Gasteiger partial charge in [0.1, 0.15) is 47.3 Å². The molecule has 162 valence electrons. The first-order valence-corrected chi connectivity index (χ1v) is 9.00. The SMILES string of the molecule is CNCCOc1cc(F)c(-c2c(Cl)nc3ncnn3c2NC(C)C(F)(F)F)c(F)c1. The van der Waals surface area contributed by atoms with Crippen LogP contribution in [0.1, 0.15) is 6.92 Å². The van der Waals surface area contributed by atoms with Gasteiger partial charge < -0.3 is 15.4 Å². The van der Waals surface area contributed by atoms with Crippen molar-refractivity contribution in [2.24, 2.45) is 0 Å². The van der Waals surface area contributed by atoms with Crippen molar-refractivity contribution in [3.05, 3.63) is 35.2 Å². The third kappa shape index (κ3) is 4.38. The van der Waals surface area contributed by atoms with Gasteiger partial charge in [0, 0.05) is 18.7 Å². The van der Waals surface area contributed by atoms with Crippen LogP contribution in [0.5, 0.6) is 5.75 Å². The van der Waals surface area contributed by atoms with E-state index in [4.69, 9.17) is 16.3 Å². The van der Waals surface area contributed by atoms with Gasteiger partial charge in [0.05, 0.1) is 11.1 Å². The van der Waals surface area contributed by atoms with Crippen LogP contribution < -0.4 is 15.4 Å². The third-order valence-electron chi connectivity index (χ3n) is 4.11. The maximum Gasteiger partial charge on any atom is 0.408 e. The van der Waals surface area contributed by atoms with Crippen LogP contribution in [0.15, 0.2) is 18.5 Å². The van der Waals surface area contributed by atoms with Crippen LogP contribution in [0.3, 0.4) is 0 Å². The van der Waals surface area contributed by atoms with Crippen molar-refractivity contribution in [2.75, 3.05) is 25.5 Å². The summed E-state index contributed by atoms with van der Waals surface area (Å²) in [6.07, 6.45) is -3.63. The lowest BCUT2D eigenvalue weighted by atomic mass is 10.1. The van der Waals surface area contributed by atoms with Crippen LogP contribution in [-0.4, -0.2) is 52.0 Å². The number of benzene rings is 1. The van der Waals surface area contributed by atoms with Crippen LogP contribution in [0.4, 0.5) is 27.8 Å². The standard InChI is InChI=1S/C17H16ClF5N6O/c1-8(17(21,22)23)27-15-13(14(18)28-16-25-7-26-29(15)16)12-10(19)5-9(6-11(12)20)30-4-3-24-2/h5-8,24,27H,3-4H2,1-2H3. The van der Waals surface area contributed by atoms with Gasteiger partial charge in [-0.05, 0) is 14.0 Å². The Morgan fingerprint density at radius 2 is 1.87 bits per heavy atom. The van der Waals surface area contributed by atoms with E-state index in [-0.39, 0.29) is 18.1 Å². The van der Waals surface area contributed by atoms with E-state index in [1.54, 1.807) is 7.05 Å². The van der Waals surface area contributed by atoms with E-state index in [0.717, 1.165) is 29.9 Å². The van der Waals surface area contributed by atoms with Gasteiger partial charge in [-0.1, -0.05) is 11.6 Å². The molecule has 1 aromatic carbocycles. The van der Waals surface area contributed by atoms with E-state index in [1.165, 1.54) is 0 Å². The Hall–Kier alpha value is -2.73. The summed E-state index contributed by atoms with van der Waals surface area (Å²) < 4.78 is 75.2. The number of fused-ring (bicyclic) bond motifs is 1. The Kier molecular flexibility index (Phi) is 6.27. The van der Waals surface area contributed by atoms with Gasteiger partial charge in [-0.3, -0.25) is 0 Å². The smallest absolute Gasteiger partial charge is 0.408 e. The van der Waals surface area contributed by atoms with Crippen molar-refractivity contribution >= 4 is 23.2 Å².